The first-order valence-electron chi connectivity index (χ1n) is 16.7. The number of rotatable bonds is 2. The number of hydrogen-bond donors (Lipinski definition) is 0. The van der Waals surface area contributed by atoms with Gasteiger partial charge in [-0.25, -0.2) is 4.98 Å². The van der Waals surface area contributed by atoms with E-state index in [1.165, 1.54) is 0 Å². The first-order chi connectivity index (χ1) is 22.3. The Morgan fingerprint density at radius 3 is 1.37 bits per heavy atom. The summed E-state index contributed by atoms with van der Waals surface area (Å²) >= 11 is 0. The van der Waals surface area contributed by atoms with Crippen molar-refractivity contribution in [1.82, 2.24) is 19.1 Å². The van der Waals surface area contributed by atoms with Crippen LogP contribution >= 0.6 is 0 Å². The predicted octanol–water partition coefficient (Wildman–Crippen LogP) is 12.8. The zero-order chi connectivity index (χ0) is 34.5. The fourth-order valence-corrected chi connectivity index (χ4v) is 3.74. The molecule has 0 amide bonds. The van der Waals surface area contributed by atoms with Gasteiger partial charge in [0.15, 0.2) is 5.82 Å². The van der Waals surface area contributed by atoms with Crippen LogP contribution in [0.25, 0.3) is 33.4 Å². The first-order valence-corrected chi connectivity index (χ1v) is 16.7. The molecule has 0 aliphatic heterocycles. The molecule has 0 spiro atoms. The maximum atomic E-state index is 4.57. The Morgan fingerprint density at radius 1 is 0.510 bits per heavy atom. The van der Waals surface area contributed by atoms with Gasteiger partial charge in [-0.3, -0.25) is 4.57 Å². The standard InChI is InChI=1S/C16H12N2.C13H9N2.6C2H6.CH3.2Ar.Y/c1-2-8-16-17-14-11-6-7-12-15(14)18(16)13-9-4-3-5-10-13;1-2-6-11(7-3-1)15-10-14-12-8-4-5-9-13(12)15;6*1-2;;;;/h3-7,9-12H,1H3;1-9H;6*1-2H3;1H3;;;/q;-1;;;;;;;-1;;;. The Kier molecular flexibility index (Phi) is 50.8. The van der Waals surface area contributed by atoms with Crippen LogP contribution in [0.3, 0.4) is 0 Å². The first kappa shape index (κ1) is 60.1. The van der Waals surface area contributed by atoms with E-state index >= 15 is 0 Å². The number of fused-ring (bicyclic) bond motifs is 2. The molecule has 6 aromatic rings. The SMILES string of the molecule is CC.CC.CC.CC.CC.CC.CC#Cc1nc2ccccc2n1-c1ccccc1.[Ar].[Ar].[CH3-].[Y].[c-]1nc2ccccc2n1-c1ccccc1. The van der Waals surface area contributed by atoms with E-state index < -0.39 is 0 Å². The molecule has 0 aliphatic carbocycles. The van der Waals surface area contributed by atoms with Gasteiger partial charge in [-0.15, -0.1) is 0 Å². The number of benzene rings is 4. The summed E-state index contributed by atoms with van der Waals surface area (Å²) in [4.78, 5) is 8.80. The Morgan fingerprint density at radius 2 is 0.898 bits per heavy atom. The summed E-state index contributed by atoms with van der Waals surface area (Å²) in [6.07, 6.45) is 3.00. The van der Waals surface area contributed by atoms with Crippen LogP contribution in [-0.4, -0.2) is 19.1 Å². The van der Waals surface area contributed by atoms with E-state index in [0.717, 1.165) is 39.3 Å². The molecule has 0 aliphatic rings. The molecule has 49 heavy (non-hydrogen) atoms. The molecule has 2 heterocycles. The van der Waals surface area contributed by atoms with Crippen molar-refractivity contribution in [3.63, 3.8) is 0 Å². The molecule has 0 atom stereocenters. The van der Waals surface area contributed by atoms with Gasteiger partial charge in [0.1, 0.15) is 0 Å². The van der Waals surface area contributed by atoms with Crippen LogP contribution in [0.4, 0.5) is 0 Å². The molecule has 0 fully saturated rings. The zero-order valence-corrected chi connectivity index (χ0v) is 36.7. The van der Waals surface area contributed by atoms with E-state index in [0.29, 0.717) is 0 Å². The molecule has 269 valence electrons. The van der Waals surface area contributed by atoms with Crippen LogP contribution < -0.4 is 0 Å². The predicted molar refractivity (Wildman–Crippen MR) is 208 cm³/mol. The van der Waals surface area contributed by atoms with Crippen LogP contribution in [0.15, 0.2) is 109 Å². The number of imidazole rings is 2. The Labute approximate surface area is 386 Å². The largest absolute Gasteiger partial charge is 0.426 e. The monoisotopic (exact) mass is 789 g/mol. The normalized spacial score (nSPS) is 7.69. The summed E-state index contributed by atoms with van der Waals surface area (Å²) in [7, 11) is 0. The van der Waals surface area contributed by atoms with Gasteiger partial charge in [0, 0.05) is 120 Å². The molecular formula is C42H60Ar2N4Y-2. The second kappa shape index (κ2) is 41.4. The van der Waals surface area contributed by atoms with Crippen molar-refractivity contribution in [2.24, 2.45) is 0 Å². The van der Waals surface area contributed by atoms with Crippen molar-refractivity contribution < 1.29 is 108 Å². The quantitative estimate of drug-likeness (QED) is 0.129. The average molecular weight is 790 g/mol. The summed E-state index contributed by atoms with van der Waals surface area (Å²) in [6.45, 7) is 25.8. The van der Waals surface area contributed by atoms with Gasteiger partial charge in [0.25, 0.3) is 0 Å². The molecule has 6 rings (SSSR count). The van der Waals surface area contributed by atoms with E-state index in [4.69, 9.17) is 0 Å². The third-order valence-corrected chi connectivity index (χ3v) is 5.22. The molecule has 7 heteroatoms. The molecule has 0 bridgehead atoms. The van der Waals surface area contributed by atoms with E-state index in [2.05, 4.69) is 50.9 Å². The minimum Gasteiger partial charge on any atom is -0.426 e. The molecular weight excluding hydrogens is 729 g/mol. The fourth-order valence-electron chi connectivity index (χ4n) is 3.74. The minimum absolute atomic E-state index is 0. The molecule has 2 aromatic heterocycles. The van der Waals surface area contributed by atoms with Gasteiger partial charge < -0.3 is 17.0 Å². The second-order valence-electron chi connectivity index (χ2n) is 7.34. The minimum atomic E-state index is 0. The third kappa shape index (κ3) is 20.0. The molecule has 0 saturated heterocycles. The van der Waals surface area contributed by atoms with Gasteiger partial charge in [-0.1, -0.05) is 179 Å². The smallest absolute Gasteiger partial charge is 0.191 e. The van der Waals surface area contributed by atoms with Gasteiger partial charge in [-0.2, -0.15) is 0 Å². The van der Waals surface area contributed by atoms with Crippen molar-refractivity contribution in [1.29, 1.82) is 0 Å². The van der Waals surface area contributed by atoms with Crippen molar-refractivity contribution in [3.05, 3.63) is 129 Å². The van der Waals surface area contributed by atoms with Crippen LogP contribution in [0.5, 0.6) is 0 Å². The molecule has 4 nitrogen and oxygen atoms in total. The number of hydrogen-bond acceptors (Lipinski definition) is 2. The average Bonchev–Trinajstić information content (AvgIpc) is 3.76. The van der Waals surface area contributed by atoms with Gasteiger partial charge >= 0.3 is 0 Å². The van der Waals surface area contributed by atoms with Gasteiger partial charge in [0.05, 0.1) is 11.0 Å². The Bertz CT molecular complexity index is 1590. The molecule has 0 unspecified atom stereocenters. The fraction of sp³-hybridized carbons (Fsp3) is 0.310. The van der Waals surface area contributed by atoms with Gasteiger partial charge in [-0.05, 0) is 48.3 Å². The van der Waals surface area contributed by atoms with E-state index in [1.54, 1.807) is 0 Å². The zero-order valence-electron chi connectivity index (χ0n) is 32.5. The van der Waals surface area contributed by atoms with Crippen molar-refractivity contribution in [3.8, 4) is 23.2 Å². The molecule has 4 aromatic carbocycles. The van der Waals surface area contributed by atoms with Crippen molar-refractivity contribution in [2.75, 3.05) is 0 Å². The van der Waals surface area contributed by atoms with Crippen molar-refractivity contribution in [2.45, 2.75) is 90.0 Å². The van der Waals surface area contributed by atoms with E-state index in [9.17, 15) is 0 Å². The summed E-state index contributed by atoms with van der Waals surface area (Å²) in [5.41, 5.74) is 6.29. The summed E-state index contributed by atoms with van der Waals surface area (Å²) in [5, 5.41) is 0. The molecule has 0 N–H and O–H groups in total. The van der Waals surface area contributed by atoms with Gasteiger partial charge in [0.2, 0.25) is 0 Å². The van der Waals surface area contributed by atoms with Crippen LogP contribution in [0, 0.1) is 101 Å². The van der Waals surface area contributed by atoms with E-state index in [-0.39, 0.29) is 116 Å². The Balaban J connectivity index is -0.000000137. The number of para-hydroxylation sites is 6. The van der Waals surface area contributed by atoms with Crippen LogP contribution in [0.1, 0.15) is 95.8 Å². The summed E-state index contributed by atoms with van der Waals surface area (Å²) in [6, 6.07) is 36.4. The Hall–Kier alpha value is -0.997. The number of aromatic nitrogens is 4. The maximum Gasteiger partial charge on any atom is 0.191 e. The van der Waals surface area contributed by atoms with Crippen LogP contribution in [0.2, 0.25) is 0 Å². The summed E-state index contributed by atoms with van der Waals surface area (Å²) < 4.78 is 4.06. The molecule has 1 radical (unpaired) electrons. The summed E-state index contributed by atoms with van der Waals surface area (Å²) in [5.74, 6) is 6.77. The third-order valence-electron chi connectivity index (χ3n) is 5.22. The van der Waals surface area contributed by atoms with Crippen LogP contribution in [-0.2, 0) is 32.7 Å². The second-order valence-corrected chi connectivity index (χ2v) is 7.34. The number of nitrogens with zero attached hydrogens (tertiary/aromatic N) is 4. The molecule has 0 saturated carbocycles. The maximum absolute atomic E-state index is 4.57. The van der Waals surface area contributed by atoms with Crippen molar-refractivity contribution >= 4 is 22.1 Å². The van der Waals surface area contributed by atoms with E-state index in [1.807, 2.05) is 186 Å². The topological polar surface area (TPSA) is 35.6 Å².